The van der Waals surface area contributed by atoms with E-state index in [2.05, 4.69) is 10.2 Å². The monoisotopic (exact) mass is 471 g/mol. The molecular formula is C25H33N3O4S. The van der Waals surface area contributed by atoms with E-state index in [0.29, 0.717) is 18.0 Å². The van der Waals surface area contributed by atoms with Crippen molar-refractivity contribution in [1.82, 2.24) is 10.2 Å². The molecule has 7 nitrogen and oxygen atoms in total. The molecule has 1 N–H and O–H groups in total. The summed E-state index contributed by atoms with van der Waals surface area (Å²) < 4.78 is 34.1. The molecule has 1 fully saturated rings. The molecule has 2 aromatic rings. The molecule has 2 aliphatic heterocycles. The molecule has 8 heteroatoms. The van der Waals surface area contributed by atoms with Gasteiger partial charge in [-0.1, -0.05) is 42.7 Å². The van der Waals surface area contributed by atoms with E-state index in [-0.39, 0.29) is 17.3 Å². The Balaban J connectivity index is 1.42. The van der Waals surface area contributed by atoms with Gasteiger partial charge >= 0.3 is 0 Å². The summed E-state index contributed by atoms with van der Waals surface area (Å²) in [5.41, 5.74) is 1.43. The molecule has 0 aliphatic carbocycles. The average molecular weight is 472 g/mol. The van der Waals surface area contributed by atoms with Crippen molar-refractivity contribution in [1.29, 1.82) is 0 Å². The van der Waals surface area contributed by atoms with E-state index in [1.807, 2.05) is 6.92 Å². The third-order valence-corrected chi connectivity index (χ3v) is 8.08. The number of carbonyl (C=O) groups is 1. The zero-order valence-corrected chi connectivity index (χ0v) is 20.0. The van der Waals surface area contributed by atoms with Gasteiger partial charge in [-0.05, 0) is 70.1 Å². The summed E-state index contributed by atoms with van der Waals surface area (Å²) in [6.07, 6.45) is 5.05. The number of nitrogens with zero attached hydrogens (tertiary/aromatic N) is 2. The standard InChI is InChI=1S/C25H33N3O4S/c1-20-11-13-21(14-12-20)33(30,31)28-19-24(32-23-10-5-4-9-22(23)28)25(29)26-15-8-18-27-16-6-2-3-7-17-27/h4-5,9-14,24H,2-3,6-8,15-19H2,1H3,(H,26,29)/t24-/m1/s1. The van der Waals surface area contributed by atoms with Gasteiger partial charge in [0.2, 0.25) is 0 Å². The van der Waals surface area contributed by atoms with Crippen LogP contribution in [0.25, 0.3) is 0 Å². The molecule has 33 heavy (non-hydrogen) atoms. The first-order valence-electron chi connectivity index (χ1n) is 11.8. The number of sulfonamides is 1. The average Bonchev–Trinajstić information content (AvgIpc) is 3.10. The van der Waals surface area contributed by atoms with Crippen LogP contribution in [0, 0.1) is 6.92 Å². The van der Waals surface area contributed by atoms with Gasteiger partial charge in [0, 0.05) is 6.54 Å². The SMILES string of the molecule is Cc1ccc(S(=O)(=O)N2C[C@H](C(=O)NCCCN3CCCCCC3)Oc3ccccc32)cc1. The first kappa shape index (κ1) is 23.6. The number of ether oxygens (including phenoxy) is 1. The Hall–Kier alpha value is -2.58. The summed E-state index contributed by atoms with van der Waals surface area (Å²) >= 11 is 0. The van der Waals surface area contributed by atoms with Gasteiger partial charge in [0.05, 0.1) is 17.1 Å². The second kappa shape index (κ2) is 10.6. The summed E-state index contributed by atoms with van der Waals surface area (Å²) in [6, 6.07) is 13.7. The fourth-order valence-corrected chi connectivity index (χ4v) is 5.87. The van der Waals surface area contributed by atoms with E-state index in [4.69, 9.17) is 4.74 Å². The van der Waals surface area contributed by atoms with Gasteiger partial charge in [-0.15, -0.1) is 0 Å². The fraction of sp³-hybridized carbons (Fsp3) is 0.480. The van der Waals surface area contributed by atoms with Crippen LogP contribution in [-0.2, 0) is 14.8 Å². The number of nitrogens with one attached hydrogen (secondary N) is 1. The van der Waals surface area contributed by atoms with Crippen molar-refractivity contribution >= 4 is 21.6 Å². The van der Waals surface area contributed by atoms with Crippen molar-refractivity contribution in [3.63, 3.8) is 0 Å². The van der Waals surface area contributed by atoms with E-state index >= 15 is 0 Å². The number of hydrogen-bond donors (Lipinski definition) is 1. The van der Waals surface area contributed by atoms with Crippen LogP contribution in [0.1, 0.15) is 37.7 Å². The van der Waals surface area contributed by atoms with Crippen LogP contribution >= 0.6 is 0 Å². The number of fused-ring (bicyclic) bond motifs is 1. The minimum atomic E-state index is -3.84. The van der Waals surface area contributed by atoms with Gasteiger partial charge in [0.1, 0.15) is 5.75 Å². The van der Waals surface area contributed by atoms with Crippen molar-refractivity contribution in [3.8, 4) is 5.75 Å². The number of carbonyl (C=O) groups excluding carboxylic acids is 1. The molecule has 2 aromatic carbocycles. The van der Waals surface area contributed by atoms with Crippen LogP contribution in [0.2, 0.25) is 0 Å². The number of amides is 1. The van der Waals surface area contributed by atoms with Crippen LogP contribution in [0.3, 0.4) is 0 Å². The highest BCUT2D eigenvalue weighted by Gasteiger charge is 2.37. The lowest BCUT2D eigenvalue weighted by Gasteiger charge is -2.34. The highest BCUT2D eigenvalue weighted by molar-refractivity contribution is 7.92. The lowest BCUT2D eigenvalue weighted by molar-refractivity contribution is -0.127. The molecule has 0 unspecified atom stereocenters. The quantitative estimate of drug-likeness (QED) is 0.627. The largest absolute Gasteiger partial charge is 0.476 e. The number of rotatable bonds is 7. The molecule has 2 aliphatic rings. The first-order valence-corrected chi connectivity index (χ1v) is 13.2. The molecule has 0 saturated carbocycles. The minimum absolute atomic E-state index is 0.0643. The molecule has 2 heterocycles. The van der Waals surface area contributed by atoms with Gasteiger partial charge in [0.25, 0.3) is 15.9 Å². The number of para-hydroxylation sites is 2. The zero-order valence-electron chi connectivity index (χ0n) is 19.2. The van der Waals surface area contributed by atoms with Crippen molar-refractivity contribution in [2.75, 3.05) is 37.0 Å². The predicted octanol–water partition coefficient (Wildman–Crippen LogP) is 3.33. The van der Waals surface area contributed by atoms with Crippen LogP contribution < -0.4 is 14.4 Å². The van der Waals surface area contributed by atoms with Crippen molar-refractivity contribution < 1.29 is 17.9 Å². The fourth-order valence-electron chi connectivity index (χ4n) is 4.39. The number of benzene rings is 2. The molecule has 0 radical (unpaired) electrons. The number of hydrogen-bond acceptors (Lipinski definition) is 5. The highest BCUT2D eigenvalue weighted by atomic mass is 32.2. The topological polar surface area (TPSA) is 79.0 Å². The third-order valence-electron chi connectivity index (χ3n) is 6.29. The summed E-state index contributed by atoms with van der Waals surface area (Å²) in [7, 11) is -3.84. The zero-order chi connectivity index (χ0) is 23.3. The van der Waals surface area contributed by atoms with Crippen molar-refractivity contribution in [2.24, 2.45) is 0 Å². The van der Waals surface area contributed by atoms with Crippen LogP contribution in [0.15, 0.2) is 53.4 Å². The third kappa shape index (κ3) is 5.68. The number of anilines is 1. The van der Waals surface area contributed by atoms with Crippen molar-refractivity contribution in [2.45, 2.75) is 50.0 Å². The molecular weight excluding hydrogens is 438 g/mol. The molecule has 1 atom stereocenters. The molecule has 1 amide bonds. The second-order valence-corrected chi connectivity index (χ2v) is 10.7. The maximum atomic E-state index is 13.4. The van der Waals surface area contributed by atoms with Crippen LogP contribution in [0.4, 0.5) is 5.69 Å². The Kier molecular flexibility index (Phi) is 7.55. The maximum absolute atomic E-state index is 13.4. The van der Waals surface area contributed by atoms with E-state index in [9.17, 15) is 13.2 Å². The van der Waals surface area contributed by atoms with E-state index in [1.165, 1.54) is 30.0 Å². The van der Waals surface area contributed by atoms with Gasteiger partial charge in [0.15, 0.2) is 6.10 Å². The maximum Gasteiger partial charge on any atom is 0.264 e. The molecule has 4 rings (SSSR count). The Morgan fingerprint density at radius 3 is 2.45 bits per heavy atom. The highest BCUT2D eigenvalue weighted by Crippen LogP contribution is 2.36. The second-order valence-electron chi connectivity index (χ2n) is 8.82. The van der Waals surface area contributed by atoms with Crippen LogP contribution in [-0.4, -0.2) is 58.1 Å². The molecule has 0 aromatic heterocycles. The Bertz CT molecular complexity index is 1050. The van der Waals surface area contributed by atoms with Gasteiger partial charge in [-0.25, -0.2) is 8.42 Å². The van der Waals surface area contributed by atoms with Crippen molar-refractivity contribution in [3.05, 3.63) is 54.1 Å². The smallest absolute Gasteiger partial charge is 0.264 e. The predicted molar refractivity (Wildman–Crippen MR) is 129 cm³/mol. The summed E-state index contributed by atoms with van der Waals surface area (Å²) in [4.78, 5) is 15.6. The Morgan fingerprint density at radius 1 is 1.03 bits per heavy atom. The molecule has 0 bridgehead atoms. The normalized spacial score (nSPS) is 19.3. The van der Waals surface area contributed by atoms with Crippen LogP contribution in [0.5, 0.6) is 5.75 Å². The molecule has 1 saturated heterocycles. The lowest BCUT2D eigenvalue weighted by Crippen LogP contribution is -2.51. The number of likely N-dealkylation sites (tertiary alicyclic amines) is 1. The summed E-state index contributed by atoms with van der Waals surface area (Å²) in [5, 5.41) is 2.95. The van der Waals surface area contributed by atoms with E-state index in [1.54, 1.807) is 48.5 Å². The van der Waals surface area contributed by atoms with E-state index in [0.717, 1.165) is 31.6 Å². The van der Waals surface area contributed by atoms with Gasteiger partial charge in [-0.2, -0.15) is 0 Å². The van der Waals surface area contributed by atoms with Gasteiger partial charge < -0.3 is 15.0 Å². The molecule has 178 valence electrons. The summed E-state index contributed by atoms with van der Waals surface area (Å²) in [6.45, 7) is 5.60. The van der Waals surface area contributed by atoms with E-state index < -0.39 is 16.1 Å². The lowest BCUT2D eigenvalue weighted by atomic mass is 10.2. The Labute approximate surface area is 196 Å². The summed E-state index contributed by atoms with van der Waals surface area (Å²) in [5.74, 6) is 0.105. The molecule has 0 spiro atoms. The minimum Gasteiger partial charge on any atom is -0.476 e. The Morgan fingerprint density at radius 2 is 1.73 bits per heavy atom. The number of aryl methyl sites for hydroxylation is 1. The van der Waals surface area contributed by atoms with Gasteiger partial charge in [-0.3, -0.25) is 9.10 Å². The first-order chi connectivity index (χ1) is 15.9.